The Balaban J connectivity index is 2.58. The van der Waals surface area contributed by atoms with E-state index >= 15 is 0 Å². The minimum absolute atomic E-state index is 0.0950. The van der Waals surface area contributed by atoms with Crippen LogP contribution in [0.15, 0.2) is 18.2 Å². The number of rotatable bonds is 10. The summed E-state index contributed by atoms with van der Waals surface area (Å²) in [6.45, 7) is 2.23. The van der Waals surface area contributed by atoms with E-state index < -0.39 is 10.0 Å². The summed E-state index contributed by atoms with van der Waals surface area (Å²) in [5, 5.41) is 2.65. The first-order chi connectivity index (χ1) is 10.9. The summed E-state index contributed by atoms with van der Waals surface area (Å²) in [6, 6.07) is 5.03. The molecule has 1 aromatic rings. The molecule has 0 unspecified atom stereocenters. The van der Waals surface area contributed by atoms with Crippen molar-refractivity contribution in [2.45, 2.75) is 19.8 Å². The molecule has 0 fully saturated rings. The van der Waals surface area contributed by atoms with Crippen LogP contribution in [0.5, 0.6) is 11.5 Å². The molecule has 0 spiro atoms. The van der Waals surface area contributed by atoms with Crippen LogP contribution in [0.25, 0.3) is 0 Å². The van der Waals surface area contributed by atoms with Gasteiger partial charge in [-0.1, -0.05) is 19.4 Å². The van der Waals surface area contributed by atoms with Gasteiger partial charge in [0.25, 0.3) is 5.91 Å². The Labute approximate surface area is 137 Å². The fraction of sp³-hybridized carbons (Fsp3) is 0.533. The fourth-order valence-electron chi connectivity index (χ4n) is 1.95. The molecule has 8 heteroatoms. The highest BCUT2D eigenvalue weighted by molar-refractivity contribution is 7.89. The van der Waals surface area contributed by atoms with Crippen LogP contribution >= 0.6 is 0 Å². The third-order valence-corrected chi connectivity index (χ3v) is 4.62. The number of sulfonamides is 1. The van der Waals surface area contributed by atoms with Crippen LogP contribution in [-0.2, 0) is 10.0 Å². The van der Waals surface area contributed by atoms with Crippen molar-refractivity contribution in [3.8, 4) is 11.5 Å². The summed E-state index contributed by atoms with van der Waals surface area (Å²) < 4.78 is 36.1. The average Bonchev–Trinajstić information content (AvgIpc) is 2.55. The van der Waals surface area contributed by atoms with Crippen molar-refractivity contribution >= 4 is 15.9 Å². The van der Waals surface area contributed by atoms with E-state index in [0.29, 0.717) is 17.9 Å². The van der Waals surface area contributed by atoms with Gasteiger partial charge in [0.15, 0.2) is 0 Å². The molecule has 0 saturated carbocycles. The smallest absolute Gasteiger partial charge is 0.258 e. The summed E-state index contributed by atoms with van der Waals surface area (Å²) in [5.74, 6) is 0.500. The molecule has 0 aromatic heterocycles. The molecule has 23 heavy (non-hydrogen) atoms. The largest absolute Gasteiger partial charge is 0.496 e. The van der Waals surface area contributed by atoms with E-state index in [4.69, 9.17) is 9.47 Å². The molecule has 1 rings (SSSR count). The van der Waals surface area contributed by atoms with Gasteiger partial charge in [0, 0.05) is 13.1 Å². The van der Waals surface area contributed by atoms with Crippen LogP contribution in [0.4, 0.5) is 0 Å². The maximum atomic E-state index is 12.3. The Hall–Kier alpha value is -1.80. The number of ether oxygens (including phenoxy) is 2. The predicted octanol–water partition coefficient (Wildman–Crippen LogP) is 1.15. The van der Waals surface area contributed by atoms with Gasteiger partial charge in [0.1, 0.15) is 17.1 Å². The quantitative estimate of drug-likeness (QED) is 0.621. The summed E-state index contributed by atoms with van der Waals surface area (Å²) in [4.78, 5) is 12.3. The van der Waals surface area contributed by atoms with Crippen molar-refractivity contribution in [1.82, 2.24) is 10.0 Å². The number of hydrogen-bond acceptors (Lipinski definition) is 5. The molecule has 0 atom stereocenters. The molecule has 0 heterocycles. The van der Waals surface area contributed by atoms with Crippen molar-refractivity contribution in [3.05, 3.63) is 23.8 Å². The van der Waals surface area contributed by atoms with E-state index in [1.54, 1.807) is 18.2 Å². The molecule has 7 nitrogen and oxygen atoms in total. The van der Waals surface area contributed by atoms with Gasteiger partial charge in [-0.05, 0) is 18.6 Å². The summed E-state index contributed by atoms with van der Waals surface area (Å²) in [5.41, 5.74) is 0.284. The molecule has 0 aliphatic carbocycles. The van der Waals surface area contributed by atoms with Gasteiger partial charge in [-0.3, -0.25) is 4.79 Å². The number of amides is 1. The van der Waals surface area contributed by atoms with E-state index in [1.807, 2.05) is 6.92 Å². The number of unbranched alkanes of at least 4 members (excludes halogenated alkanes) is 1. The normalized spacial score (nSPS) is 11.1. The SMILES string of the molecule is CCCCS(=O)(=O)NCCNC(=O)c1c(OC)cccc1OC. The van der Waals surface area contributed by atoms with E-state index in [0.717, 1.165) is 6.42 Å². The van der Waals surface area contributed by atoms with Crippen LogP contribution in [0.1, 0.15) is 30.1 Å². The molecule has 0 radical (unpaired) electrons. The second-order valence-electron chi connectivity index (χ2n) is 4.86. The van der Waals surface area contributed by atoms with Crippen LogP contribution in [0.2, 0.25) is 0 Å². The topological polar surface area (TPSA) is 93.7 Å². The minimum atomic E-state index is -3.28. The predicted molar refractivity (Wildman–Crippen MR) is 88.6 cm³/mol. The average molecular weight is 344 g/mol. The summed E-state index contributed by atoms with van der Waals surface area (Å²) >= 11 is 0. The van der Waals surface area contributed by atoms with Crippen molar-refractivity contribution in [3.63, 3.8) is 0 Å². The monoisotopic (exact) mass is 344 g/mol. The second kappa shape index (κ2) is 9.36. The standard InChI is InChI=1S/C15H24N2O5S/c1-4-5-11-23(19,20)17-10-9-16-15(18)14-12(21-2)7-6-8-13(14)22-3/h6-8,17H,4-5,9-11H2,1-3H3,(H,16,18). The number of hydrogen-bond donors (Lipinski definition) is 2. The number of benzene rings is 1. The highest BCUT2D eigenvalue weighted by atomic mass is 32.2. The van der Waals surface area contributed by atoms with E-state index in [2.05, 4.69) is 10.0 Å². The zero-order valence-corrected chi connectivity index (χ0v) is 14.5. The van der Waals surface area contributed by atoms with Crippen molar-refractivity contribution in [1.29, 1.82) is 0 Å². The molecule has 0 saturated heterocycles. The lowest BCUT2D eigenvalue weighted by molar-refractivity contribution is 0.0948. The molecular weight excluding hydrogens is 320 g/mol. The molecular formula is C15H24N2O5S. The van der Waals surface area contributed by atoms with E-state index in [-0.39, 0.29) is 30.3 Å². The first kappa shape index (κ1) is 19.2. The maximum Gasteiger partial charge on any atom is 0.258 e. The third kappa shape index (κ3) is 6.07. The molecule has 130 valence electrons. The number of carbonyl (C=O) groups is 1. The van der Waals surface area contributed by atoms with Gasteiger partial charge in [-0.15, -0.1) is 0 Å². The molecule has 2 N–H and O–H groups in total. The summed E-state index contributed by atoms with van der Waals surface area (Å²) in [7, 11) is -0.351. The van der Waals surface area contributed by atoms with Crippen molar-refractivity contribution in [2.75, 3.05) is 33.1 Å². The lowest BCUT2D eigenvalue weighted by atomic mass is 10.1. The Morgan fingerprint density at radius 2 is 1.74 bits per heavy atom. The lowest BCUT2D eigenvalue weighted by Crippen LogP contribution is -2.35. The van der Waals surface area contributed by atoms with E-state index in [1.165, 1.54) is 14.2 Å². The van der Waals surface area contributed by atoms with Gasteiger partial charge >= 0.3 is 0 Å². The van der Waals surface area contributed by atoms with Crippen molar-refractivity contribution < 1.29 is 22.7 Å². The van der Waals surface area contributed by atoms with Gasteiger partial charge < -0.3 is 14.8 Å². The number of carbonyl (C=O) groups excluding carboxylic acids is 1. The molecule has 0 aliphatic heterocycles. The first-order valence-corrected chi connectivity index (χ1v) is 9.07. The lowest BCUT2D eigenvalue weighted by Gasteiger charge is -2.13. The van der Waals surface area contributed by atoms with Crippen LogP contribution in [0.3, 0.4) is 0 Å². The molecule has 1 amide bonds. The van der Waals surface area contributed by atoms with Crippen LogP contribution in [-0.4, -0.2) is 47.4 Å². The van der Waals surface area contributed by atoms with Gasteiger partial charge in [-0.2, -0.15) is 0 Å². The third-order valence-electron chi connectivity index (χ3n) is 3.15. The minimum Gasteiger partial charge on any atom is -0.496 e. The van der Waals surface area contributed by atoms with Crippen LogP contribution in [0, 0.1) is 0 Å². The highest BCUT2D eigenvalue weighted by Gasteiger charge is 2.17. The van der Waals surface area contributed by atoms with Gasteiger partial charge in [0.2, 0.25) is 10.0 Å². The van der Waals surface area contributed by atoms with E-state index in [9.17, 15) is 13.2 Å². The number of methoxy groups -OCH3 is 2. The Kier molecular flexibility index (Phi) is 7.84. The highest BCUT2D eigenvalue weighted by Crippen LogP contribution is 2.27. The second-order valence-corrected chi connectivity index (χ2v) is 6.79. The summed E-state index contributed by atoms with van der Waals surface area (Å²) in [6.07, 6.45) is 1.42. The van der Waals surface area contributed by atoms with Gasteiger partial charge in [0.05, 0.1) is 20.0 Å². The molecule has 0 bridgehead atoms. The first-order valence-electron chi connectivity index (χ1n) is 7.41. The Bertz CT molecular complexity index is 594. The van der Waals surface area contributed by atoms with Gasteiger partial charge in [-0.25, -0.2) is 13.1 Å². The zero-order valence-electron chi connectivity index (χ0n) is 13.7. The molecule has 0 aliphatic rings. The van der Waals surface area contributed by atoms with Crippen LogP contribution < -0.4 is 19.5 Å². The fourth-order valence-corrected chi connectivity index (χ4v) is 3.18. The Morgan fingerprint density at radius 3 is 2.26 bits per heavy atom. The Morgan fingerprint density at radius 1 is 1.13 bits per heavy atom. The zero-order chi connectivity index (χ0) is 17.3. The molecule has 1 aromatic carbocycles. The maximum absolute atomic E-state index is 12.3. The number of nitrogens with one attached hydrogen (secondary N) is 2. The van der Waals surface area contributed by atoms with Crippen molar-refractivity contribution in [2.24, 2.45) is 0 Å².